The Morgan fingerprint density at radius 2 is 1.86 bits per heavy atom. The number of likely N-dealkylation sites (tertiary alicyclic amines) is 1. The van der Waals surface area contributed by atoms with Gasteiger partial charge in [-0.25, -0.2) is 0 Å². The lowest BCUT2D eigenvalue weighted by atomic mass is 9.74. The normalized spacial score (nSPS) is 17.9. The molecule has 28 heavy (non-hydrogen) atoms. The largest absolute Gasteiger partial charge is 0.492 e. The number of hydrogen-bond donors (Lipinski definition) is 0. The molecule has 0 atom stereocenters. The average Bonchev–Trinajstić information content (AvgIpc) is 3.03. The quantitative estimate of drug-likeness (QED) is 0.624. The van der Waals surface area contributed by atoms with Crippen LogP contribution in [0.4, 0.5) is 0 Å². The number of fused-ring (bicyclic) bond motifs is 2. The van der Waals surface area contributed by atoms with E-state index in [1.165, 1.54) is 5.56 Å². The van der Waals surface area contributed by atoms with Crippen molar-refractivity contribution in [2.24, 2.45) is 0 Å². The summed E-state index contributed by atoms with van der Waals surface area (Å²) in [7, 11) is 0. The molecular weight excluding hydrogens is 397 g/mol. The highest BCUT2D eigenvalue weighted by atomic mass is 35.5. The molecule has 148 valence electrons. The van der Waals surface area contributed by atoms with Gasteiger partial charge in [0.05, 0.1) is 6.61 Å². The molecule has 4 rings (SSSR count). The van der Waals surface area contributed by atoms with Crippen molar-refractivity contribution < 1.29 is 14.3 Å². The van der Waals surface area contributed by atoms with Gasteiger partial charge in [0.2, 0.25) is 0 Å². The maximum absolute atomic E-state index is 10.6. The van der Waals surface area contributed by atoms with Gasteiger partial charge in [-0.2, -0.15) is 0 Å². The first kappa shape index (κ1) is 19.6. The van der Waals surface area contributed by atoms with Crippen molar-refractivity contribution in [2.75, 3.05) is 26.2 Å². The molecule has 2 aromatic rings. The fourth-order valence-corrected chi connectivity index (χ4v) is 4.72. The van der Waals surface area contributed by atoms with Crippen LogP contribution >= 0.6 is 23.2 Å². The summed E-state index contributed by atoms with van der Waals surface area (Å²) in [6, 6.07) is 11.5. The molecule has 6 heteroatoms. The number of carbonyl (C=O) groups excluding carboxylic acids is 1. The van der Waals surface area contributed by atoms with Crippen LogP contribution in [-0.4, -0.2) is 37.4 Å². The number of nitrogens with zero attached hydrogens (tertiary/aromatic N) is 1. The van der Waals surface area contributed by atoms with Crippen molar-refractivity contribution in [1.82, 2.24) is 4.90 Å². The minimum Gasteiger partial charge on any atom is -0.492 e. The predicted molar refractivity (Wildman–Crippen MR) is 111 cm³/mol. The minimum absolute atomic E-state index is 0.0474. The summed E-state index contributed by atoms with van der Waals surface area (Å²) in [5.74, 6) is 1.78. The molecule has 0 saturated carbocycles. The number of benzene rings is 2. The highest BCUT2D eigenvalue weighted by molar-refractivity contribution is 6.34. The highest BCUT2D eigenvalue weighted by Crippen LogP contribution is 2.46. The zero-order chi connectivity index (χ0) is 19.6. The molecule has 0 N–H and O–H groups in total. The van der Waals surface area contributed by atoms with Crippen molar-refractivity contribution in [3.05, 3.63) is 57.6 Å². The topological polar surface area (TPSA) is 38.8 Å². The second-order valence-electron chi connectivity index (χ2n) is 7.59. The van der Waals surface area contributed by atoms with Gasteiger partial charge in [-0.15, -0.1) is 0 Å². The fourth-order valence-electron chi connectivity index (χ4n) is 4.15. The Morgan fingerprint density at radius 1 is 1.11 bits per heavy atom. The van der Waals surface area contributed by atoms with Crippen LogP contribution in [0.3, 0.4) is 0 Å². The fraction of sp³-hybridized carbons (Fsp3) is 0.409. The van der Waals surface area contributed by atoms with Crippen LogP contribution in [0.25, 0.3) is 0 Å². The number of piperidine rings is 1. The van der Waals surface area contributed by atoms with Crippen LogP contribution in [-0.2, 0) is 16.8 Å². The number of ether oxygens (including phenoxy) is 2. The van der Waals surface area contributed by atoms with Crippen molar-refractivity contribution >= 4 is 29.5 Å². The maximum atomic E-state index is 10.6. The SMILES string of the molecule is O=CCCN1CCC2(CC1)COc1ccc(OCc3cc(Cl)cc(Cl)c3)cc12. The molecule has 1 saturated heterocycles. The molecule has 0 unspecified atom stereocenters. The standard InChI is InChI=1S/C22H23Cl2NO3/c23-17-10-16(11-18(24)12-17)14-27-19-2-3-21-20(13-19)22(15-28-21)4-7-25(8-5-22)6-1-9-26/h2-3,9-13H,1,4-8,14-15H2. The third kappa shape index (κ3) is 4.14. The smallest absolute Gasteiger partial charge is 0.123 e. The lowest BCUT2D eigenvalue weighted by Crippen LogP contribution is -2.43. The van der Waals surface area contributed by atoms with E-state index in [1.54, 1.807) is 6.07 Å². The molecule has 2 aliphatic rings. The Labute approximate surface area is 175 Å². The second-order valence-corrected chi connectivity index (χ2v) is 8.46. The third-order valence-electron chi connectivity index (χ3n) is 5.73. The van der Waals surface area contributed by atoms with E-state index in [9.17, 15) is 4.79 Å². The van der Waals surface area contributed by atoms with Crippen LogP contribution < -0.4 is 9.47 Å². The van der Waals surface area contributed by atoms with Gasteiger partial charge in [-0.3, -0.25) is 0 Å². The maximum Gasteiger partial charge on any atom is 0.123 e. The van der Waals surface area contributed by atoms with Gasteiger partial charge in [0, 0.05) is 34.0 Å². The molecule has 1 fully saturated rings. The zero-order valence-corrected chi connectivity index (χ0v) is 17.1. The highest BCUT2D eigenvalue weighted by Gasteiger charge is 2.43. The minimum atomic E-state index is 0.0474. The summed E-state index contributed by atoms with van der Waals surface area (Å²) in [5, 5.41) is 1.21. The number of aldehydes is 1. The predicted octanol–water partition coefficient (Wildman–Crippen LogP) is 4.89. The Kier molecular flexibility index (Phi) is 5.81. The first-order chi connectivity index (χ1) is 13.6. The summed E-state index contributed by atoms with van der Waals surface area (Å²) in [4.78, 5) is 13.0. The van der Waals surface area contributed by atoms with E-state index in [0.29, 0.717) is 23.1 Å². The van der Waals surface area contributed by atoms with Crippen LogP contribution in [0.5, 0.6) is 11.5 Å². The molecule has 0 radical (unpaired) electrons. The van der Waals surface area contributed by atoms with E-state index < -0.39 is 0 Å². The summed E-state index contributed by atoms with van der Waals surface area (Å²) in [5.41, 5.74) is 2.22. The van der Waals surface area contributed by atoms with Gasteiger partial charge in [0.1, 0.15) is 24.4 Å². The molecule has 1 spiro atoms. The first-order valence-corrected chi connectivity index (χ1v) is 10.3. The van der Waals surface area contributed by atoms with Gasteiger partial charge in [0.25, 0.3) is 0 Å². The molecule has 2 aromatic carbocycles. The molecule has 0 aromatic heterocycles. The van der Waals surface area contributed by atoms with Crippen LogP contribution in [0.1, 0.15) is 30.4 Å². The molecular formula is C22H23Cl2NO3. The molecule has 0 bridgehead atoms. The van der Waals surface area contributed by atoms with Crippen LogP contribution in [0.15, 0.2) is 36.4 Å². The molecule has 2 aliphatic heterocycles. The number of hydrogen-bond acceptors (Lipinski definition) is 4. The summed E-state index contributed by atoms with van der Waals surface area (Å²) >= 11 is 12.1. The van der Waals surface area contributed by atoms with E-state index >= 15 is 0 Å². The molecule has 4 nitrogen and oxygen atoms in total. The molecule has 0 amide bonds. The number of rotatable bonds is 6. The van der Waals surface area contributed by atoms with Gasteiger partial charge < -0.3 is 19.2 Å². The molecule has 0 aliphatic carbocycles. The average molecular weight is 420 g/mol. The Bertz CT molecular complexity index is 843. The Morgan fingerprint density at radius 3 is 2.57 bits per heavy atom. The van der Waals surface area contributed by atoms with E-state index in [0.717, 1.165) is 62.4 Å². The van der Waals surface area contributed by atoms with E-state index in [2.05, 4.69) is 11.0 Å². The van der Waals surface area contributed by atoms with Crippen molar-refractivity contribution in [2.45, 2.75) is 31.3 Å². The van der Waals surface area contributed by atoms with E-state index in [1.807, 2.05) is 24.3 Å². The summed E-state index contributed by atoms with van der Waals surface area (Å²) in [6.45, 7) is 3.95. The van der Waals surface area contributed by atoms with Crippen LogP contribution in [0, 0.1) is 0 Å². The van der Waals surface area contributed by atoms with Gasteiger partial charge in [-0.1, -0.05) is 23.2 Å². The van der Waals surface area contributed by atoms with Crippen LogP contribution in [0.2, 0.25) is 10.0 Å². The van der Waals surface area contributed by atoms with Crippen molar-refractivity contribution in [1.29, 1.82) is 0 Å². The number of halogens is 2. The zero-order valence-electron chi connectivity index (χ0n) is 15.6. The lowest BCUT2D eigenvalue weighted by Gasteiger charge is -2.38. The Hall–Kier alpha value is -1.75. The lowest BCUT2D eigenvalue weighted by molar-refractivity contribution is -0.108. The number of carbonyl (C=O) groups is 1. The van der Waals surface area contributed by atoms with Gasteiger partial charge in [-0.05, 0) is 67.9 Å². The van der Waals surface area contributed by atoms with Gasteiger partial charge in [0.15, 0.2) is 0 Å². The second kappa shape index (κ2) is 8.32. The summed E-state index contributed by atoms with van der Waals surface area (Å²) < 4.78 is 12.0. The van der Waals surface area contributed by atoms with E-state index in [-0.39, 0.29) is 5.41 Å². The third-order valence-corrected chi connectivity index (χ3v) is 6.17. The van der Waals surface area contributed by atoms with Crippen molar-refractivity contribution in [3.8, 4) is 11.5 Å². The first-order valence-electron chi connectivity index (χ1n) is 9.59. The monoisotopic (exact) mass is 419 g/mol. The van der Waals surface area contributed by atoms with E-state index in [4.69, 9.17) is 32.7 Å². The Balaban J connectivity index is 1.46. The summed E-state index contributed by atoms with van der Waals surface area (Å²) in [6.07, 6.45) is 3.67. The molecule has 2 heterocycles. The van der Waals surface area contributed by atoms with Gasteiger partial charge >= 0.3 is 0 Å². The van der Waals surface area contributed by atoms with Crippen molar-refractivity contribution in [3.63, 3.8) is 0 Å².